The number of rotatable bonds is 7. The van der Waals surface area contributed by atoms with Crippen molar-refractivity contribution in [2.45, 2.75) is 24.5 Å². The van der Waals surface area contributed by atoms with Crippen LogP contribution in [0.4, 0.5) is 5.69 Å². The maximum atomic E-state index is 11.6. The zero-order valence-electron chi connectivity index (χ0n) is 16.5. The lowest BCUT2D eigenvalue weighted by atomic mass is 10.2. The molecule has 1 amide bonds. The van der Waals surface area contributed by atoms with E-state index < -0.39 is 0 Å². The molecule has 0 aromatic heterocycles. The Morgan fingerprint density at radius 2 is 1.46 bits per heavy atom. The molecule has 0 fully saturated rings. The van der Waals surface area contributed by atoms with Crippen LogP contribution in [-0.2, 0) is 10.5 Å². The van der Waals surface area contributed by atoms with Gasteiger partial charge < -0.3 is 10.6 Å². The van der Waals surface area contributed by atoms with Crippen molar-refractivity contribution in [3.63, 3.8) is 0 Å². The van der Waals surface area contributed by atoms with Gasteiger partial charge in [-0.1, -0.05) is 73.2 Å². The second kappa shape index (κ2) is 12.8. The predicted molar refractivity (Wildman–Crippen MR) is 121 cm³/mol. The van der Waals surface area contributed by atoms with Gasteiger partial charge in [0.1, 0.15) is 0 Å². The highest BCUT2D eigenvalue weighted by atomic mass is 32.2. The van der Waals surface area contributed by atoms with E-state index in [1.54, 1.807) is 11.8 Å². The molecule has 0 unspecified atom stereocenters. The zero-order chi connectivity index (χ0) is 20.0. The Morgan fingerprint density at radius 1 is 0.857 bits per heavy atom. The fraction of sp³-hybridized carbons (Fsp3) is 0.208. The molecular formula is C24H28N2OS. The SMILES string of the molecule is CCNCC(=O)Nc1ccc(SCc2ccccc2)cc1.Cc1ccccc1. The summed E-state index contributed by atoms with van der Waals surface area (Å²) in [5.74, 6) is 0.939. The molecule has 0 saturated carbocycles. The normalized spacial score (nSPS) is 9.93. The Hall–Kier alpha value is -2.56. The van der Waals surface area contributed by atoms with E-state index in [2.05, 4.69) is 54.0 Å². The smallest absolute Gasteiger partial charge is 0.238 e. The van der Waals surface area contributed by atoms with Crippen LogP contribution in [0.5, 0.6) is 0 Å². The number of benzene rings is 3. The van der Waals surface area contributed by atoms with Gasteiger partial charge in [-0.3, -0.25) is 4.79 Å². The van der Waals surface area contributed by atoms with Crippen LogP contribution >= 0.6 is 11.8 Å². The molecule has 3 aromatic carbocycles. The molecule has 0 aliphatic heterocycles. The van der Waals surface area contributed by atoms with Gasteiger partial charge in [-0.05, 0) is 43.3 Å². The van der Waals surface area contributed by atoms with Crippen LogP contribution in [0.25, 0.3) is 0 Å². The molecule has 28 heavy (non-hydrogen) atoms. The largest absolute Gasteiger partial charge is 0.325 e. The summed E-state index contributed by atoms with van der Waals surface area (Å²) in [6.45, 7) is 5.20. The summed E-state index contributed by atoms with van der Waals surface area (Å²) >= 11 is 1.79. The Balaban J connectivity index is 0.000000336. The quantitative estimate of drug-likeness (QED) is 0.520. The van der Waals surface area contributed by atoms with Crippen LogP contribution in [0.1, 0.15) is 18.1 Å². The fourth-order valence-electron chi connectivity index (χ4n) is 2.35. The molecule has 0 bridgehead atoms. The van der Waals surface area contributed by atoms with Crippen LogP contribution in [-0.4, -0.2) is 19.0 Å². The number of nitrogens with one attached hydrogen (secondary N) is 2. The third-order valence-electron chi connectivity index (χ3n) is 3.86. The van der Waals surface area contributed by atoms with Crippen LogP contribution in [0.3, 0.4) is 0 Å². The number of hydrogen-bond acceptors (Lipinski definition) is 3. The number of anilines is 1. The monoisotopic (exact) mass is 392 g/mol. The maximum absolute atomic E-state index is 11.6. The van der Waals surface area contributed by atoms with Gasteiger partial charge in [0.25, 0.3) is 0 Å². The summed E-state index contributed by atoms with van der Waals surface area (Å²) < 4.78 is 0. The van der Waals surface area contributed by atoms with Gasteiger partial charge in [-0.2, -0.15) is 0 Å². The Labute approximate surface area is 172 Å². The third kappa shape index (κ3) is 8.89. The number of amides is 1. The topological polar surface area (TPSA) is 41.1 Å². The van der Waals surface area contributed by atoms with Gasteiger partial charge in [-0.25, -0.2) is 0 Å². The third-order valence-corrected chi connectivity index (χ3v) is 4.95. The van der Waals surface area contributed by atoms with Gasteiger partial charge in [0, 0.05) is 16.3 Å². The van der Waals surface area contributed by atoms with Gasteiger partial charge in [0.05, 0.1) is 6.54 Å². The average molecular weight is 393 g/mol. The van der Waals surface area contributed by atoms with Crippen molar-refractivity contribution in [1.29, 1.82) is 0 Å². The van der Waals surface area contributed by atoms with Crippen molar-refractivity contribution in [2.24, 2.45) is 0 Å². The van der Waals surface area contributed by atoms with Crippen molar-refractivity contribution < 1.29 is 4.79 Å². The molecule has 4 heteroatoms. The summed E-state index contributed by atoms with van der Waals surface area (Å²) in [6, 6.07) is 28.6. The average Bonchev–Trinajstić information content (AvgIpc) is 2.73. The summed E-state index contributed by atoms with van der Waals surface area (Å²) in [5.41, 5.74) is 3.47. The van der Waals surface area contributed by atoms with Crippen molar-refractivity contribution in [3.8, 4) is 0 Å². The lowest BCUT2D eigenvalue weighted by Gasteiger charge is -2.07. The van der Waals surface area contributed by atoms with Crippen LogP contribution in [0, 0.1) is 6.92 Å². The van der Waals surface area contributed by atoms with E-state index in [-0.39, 0.29) is 5.91 Å². The summed E-state index contributed by atoms with van der Waals surface area (Å²) in [6.07, 6.45) is 0. The first-order valence-electron chi connectivity index (χ1n) is 9.46. The van der Waals surface area contributed by atoms with Crippen LogP contribution in [0.15, 0.2) is 89.8 Å². The highest BCUT2D eigenvalue weighted by molar-refractivity contribution is 7.98. The number of carbonyl (C=O) groups is 1. The lowest BCUT2D eigenvalue weighted by Crippen LogP contribution is -2.27. The Morgan fingerprint density at radius 3 is 2.00 bits per heavy atom. The van der Waals surface area contributed by atoms with Crippen LogP contribution < -0.4 is 10.6 Å². The molecule has 146 valence electrons. The zero-order valence-corrected chi connectivity index (χ0v) is 17.3. The van der Waals surface area contributed by atoms with E-state index in [0.29, 0.717) is 6.54 Å². The summed E-state index contributed by atoms with van der Waals surface area (Å²) in [7, 11) is 0. The van der Waals surface area contributed by atoms with Crippen LogP contribution in [0.2, 0.25) is 0 Å². The Bertz CT molecular complexity index is 805. The first-order chi connectivity index (χ1) is 13.7. The van der Waals surface area contributed by atoms with E-state index in [1.807, 2.05) is 55.5 Å². The van der Waals surface area contributed by atoms with Crippen molar-refractivity contribution >= 4 is 23.4 Å². The van der Waals surface area contributed by atoms with E-state index in [9.17, 15) is 4.79 Å². The molecule has 3 aromatic rings. The standard InChI is InChI=1S/C17H20N2OS.C7H8/c1-2-18-12-17(20)19-15-8-10-16(11-9-15)21-13-14-6-4-3-5-7-14;1-7-5-3-2-4-6-7/h3-11,18H,2,12-13H2,1H3,(H,19,20);2-6H,1H3. The number of likely N-dealkylation sites (N-methyl/N-ethyl adjacent to an activating group) is 1. The molecule has 3 nitrogen and oxygen atoms in total. The highest BCUT2D eigenvalue weighted by Crippen LogP contribution is 2.24. The van der Waals surface area contributed by atoms with Gasteiger partial charge in [0.2, 0.25) is 5.91 Å². The minimum Gasteiger partial charge on any atom is -0.325 e. The number of hydrogen-bond donors (Lipinski definition) is 2. The molecule has 0 radical (unpaired) electrons. The minimum atomic E-state index is -0.0125. The molecule has 2 N–H and O–H groups in total. The molecule has 0 heterocycles. The first-order valence-corrected chi connectivity index (χ1v) is 10.4. The lowest BCUT2D eigenvalue weighted by molar-refractivity contribution is -0.115. The van der Waals surface area contributed by atoms with E-state index in [0.717, 1.165) is 18.0 Å². The van der Waals surface area contributed by atoms with Gasteiger partial charge in [0.15, 0.2) is 0 Å². The minimum absolute atomic E-state index is 0.0125. The maximum Gasteiger partial charge on any atom is 0.238 e. The molecular weight excluding hydrogens is 364 g/mol. The molecule has 0 saturated heterocycles. The first kappa shape index (κ1) is 21.7. The molecule has 0 atom stereocenters. The molecule has 3 rings (SSSR count). The number of aryl methyl sites for hydroxylation is 1. The number of thioether (sulfide) groups is 1. The summed E-state index contributed by atoms with van der Waals surface area (Å²) in [5, 5.41) is 5.87. The fourth-order valence-corrected chi connectivity index (χ4v) is 3.21. The van der Waals surface area contributed by atoms with Gasteiger partial charge in [-0.15, -0.1) is 11.8 Å². The molecule has 0 aliphatic rings. The van der Waals surface area contributed by atoms with Crippen molar-refractivity contribution in [2.75, 3.05) is 18.4 Å². The van der Waals surface area contributed by atoms with E-state index >= 15 is 0 Å². The summed E-state index contributed by atoms with van der Waals surface area (Å²) in [4.78, 5) is 12.8. The molecule has 0 spiro atoms. The van der Waals surface area contributed by atoms with Crippen molar-refractivity contribution in [1.82, 2.24) is 5.32 Å². The highest BCUT2D eigenvalue weighted by Gasteiger charge is 2.01. The predicted octanol–water partition coefficient (Wildman–Crippen LogP) is 5.52. The van der Waals surface area contributed by atoms with E-state index in [4.69, 9.17) is 0 Å². The second-order valence-corrected chi connectivity index (χ2v) is 7.33. The van der Waals surface area contributed by atoms with E-state index in [1.165, 1.54) is 16.0 Å². The second-order valence-electron chi connectivity index (χ2n) is 6.28. The number of carbonyl (C=O) groups excluding carboxylic acids is 1. The van der Waals surface area contributed by atoms with Gasteiger partial charge >= 0.3 is 0 Å². The molecule has 0 aliphatic carbocycles. The Kier molecular flexibility index (Phi) is 9.91. The van der Waals surface area contributed by atoms with Crippen molar-refractivity contribution in [3.05, 3.63) is 96.1 Å².